The van der Waals surface area contributed by atoms with Crippen molar-refractivity contribution in [3.8, 4) is 5.75 Å². The molecule has 3 aromatic rings. The SMILES string of the molecule is C=C(C)c1ccc(CSc2oc3cccc(O)c3c(=O)c2C)cc1. The van der Waals surface area contributed by atoms with E-state index in [2.05, 4.69) is 18.7 Å². The lowest BCUT2D eigenvalue weighted by molar-refractivity contribution is 0.470. The summed E-state index contributed by atoms with van der Waals surface area (Å²) in [5.74, 6) is 0.654. The Labute approximate surface area is 144 Å². The van der Waals surface area contributed by atoms with Gasteiger partial charge in [0.15, 0.2) is 5.09 Å². The maximum Gasteiger partial charge on any atom is 0.200 e. The van der Waals surface area contributed by atoms with Gasteiger partial charge in [-0.25, -0.2) is 0 Å². The van der Waals surface area contributed by atoms with Gasteiger partial charge in [0, 0.05) is 11.3 Å². The number of allylic oxidation sites excluding steroid dienone is 1. The lowest BCUT2D eigenvalue weighted by Crippen LogP contribution is -2.07. The second-order valence-corrected chi connectivity index (χ2v) is 6.71. The average molecular weight is 338 g/mol. The normalized spacial score (nSPS) is 10.9. The summed E-state index contributed by atoms with van der Waals surface area (Å²) in [5.41, 5.74) is 4.04. The minimum absolute atomic E-state index is 0.0451. The van der Waals surface area contributed by atoms with Crippen LogP contribution in [-0.2, 0) is 5.75 Å². The van der Waals surface area contributed by atoms with Gasteiger partial charge in [-0.2, -0.15) is 0 Å². The van der Waals surface area contributed by atoms with Crippen molar-refractivity contribution in [2.45, 2.75) is 24.7 Å². The molecule has 1 N–H and O–H groups in total. The Balaban J connectivity index is 1.89. The number of hydrogen-bond donors (Lipinski definition) is 1. The van der Waals surface area contributed by atoms with E-state index in [4.69, 9.17) is 4.42 Å². The second-order valence-electron chi connectivity index (χ2n) is 5.76. The van der Waals surface area contributed by atoms with Gasteiger partial charge < -0.3 is 9.52 Å². The van der Waals surface area contributed by atoms with E-state index in [9.17, 15) is 9.90 Å². The van der Waals surface area contributed by atoms with E-state index >= 15 is 0 Å². The molecular weight excluding hydrogens is 320 g/mol. The van der Waals surface area contributed by atoms with Crippen molar-refractivity contribution in [3.63, 3.8) is 0 Å². The summed E-state index contributed by atoms with van der Waals surface area (Å²) in [7, 11) is 0. The molecule has 0 aliphatic rings. The molecule has 3 nitrogen and oxygen atoms in total. The van der Waals surface area contributed by atoms with Crippen LogP contribution in [0.15, 0.2) is 63.3 Å². The minimum atomic E-state index is -0.186. The van der Waals surface area contributed by atoms with E-state index in [0.717, 1.165) is 16.7 Å². The van der Waals surface area contributed by atoms with Crippen LogP contribution < -0.4 is 5.43 Å². The fourth-order valence-corrected chi connectivity index (χ4v) is 3.41. The Bertz CT molecular complexity index is 969. The monoisotopic (exact) mass is 338 g/mol. The molecule has 24 heavy (non-hydrogen) atoms. The first kappa shape index (κ1) is 16.4. The highest BCUT2D eigenvalue weighted by atomic mass is 32.2. The molecule has 0 spiro atoms. The van der Waals surface area contributed by atoms with Gasteiger partial charge in [0.25, 0.3) is 0 Å². The third-order valence-corrected chi connectivity index (χ3v) is 5.03. The summed E-state index contributed by atoms with van der Waals surface area (Å²) in [6.45, 7) is 7.64. The first-order chi connectivity index (χ1) is 11.5. The van der Waals surface area contributed by atoms with Gasteiger partial charge in [0.2, 0.25) is 5.43 Å². The molecule has 0 fully saturated rings. The lowest BCUT2D eigenvalue weighted by Gasteiger charge is -2.08. The minimum Gasteiger partial charge on any atom is -0.507 e. The fraction of sp³-hybridized carbons (Fsp3) is 0.150. The van der Waals surface area contributed by atoms with Gasteiger partial charge in [-0.05, 0) is 37.1 Å². The first-order valence-electron chi connectivity index (χ1n) is 7.60. The molecule has 1 aromatic heterocycles. The van der Waals surface area contributed by atoms with Gasteiger partial charge in [0.1, 0.15) is 16.7 Å². The Morgan fingerprint density at radius 3 is 2.58 bits per heavy atom. The van der Waals surface area contributed by atoms with Gasteiger partial charge >= 0.3 is 0 Å². The molecule has 0 saturated carbocycles. The number of benzene rings is 2. The first-order valence-corrected chi connectivity index (χ1v) is 8.59. The van der Waals surface area contributed by atoms with Gasteiger partial charge in [-0.15, -0.1) is 0 Å². The van der Waals surface area contributed by atoms with E-state index in [-0.39, 0.29) is 16.6 Å². The molecule has 0 radical (unpaired) electrons. The van der Waals surface area contributed by atoms with Crippen LogP contribution in [0.1, 0.15) is 23.6 Å². The Kier molecular flexibility index (Phi) is 4.49. The van der Waals surface area contributed by atoms with Crippen LogP contribution >= 0.6 is 11.8 Å². The van der Waals surface area contributed by atoms with Crippen LogP contribution in [0, 0.1) is 6.92 Å². The number of fused-ring (bicyclic) bond motifs is 1. The third-order valence-electron chi connectivity index (χ3n) is 3.90. The second kappa shape index (κ2) is 6.57. The highest BCUT2D eigenvalue weighted by Crippen LogP contribution is 2.30. The van der Waals surface area contributed by atoms with Crippen LogP contribution in [0.4, 0.5) is 0 Å². The van der Waals surface area contributed by atoms with Crippen LogP contribution in [0.3, 0.4) is 0 Å². The van der Waals surface area contributed by atoms with E-state index in [0.29, 0.717) is 22.0 Å². The van der Waals surface area contributed by atoms with Crippen molar-refractivity contribution >= 4 is 28.3 Å². The van der Waals surface area contributed by atoms with Crippen molar-refractivity contribution in [2.24, 2.45) is 0 Å². The average Bonchev–Trinajstić information content (AvgIpc) is 2.57. The smallest absolute Gasteiger partial charge is 0.200 e. The number of rotatable bonds is 4. The molecule has 1 heterocycles. The summed E-state index contributed by atoms with van der Waals surface area (Å²) < 4.78 is 5.83. The van der Waals surface area contributed by atoms with Gasteiger partial charge in [-0.3, -0.25) is 4.79 Å². The maximum absolute atomic E-state index is 12.5. The summed E-state index contributed by atoms with van der Waals surface area (Å²) in [6, 6.07) is 13.0. The van der Waals surface area contributed by atoms with E-state index in [1.807, 2.05) is 19.1 Å². The molecule has 4 heteroatoms. The highest BCUT2D eigenvalue weighted by Gasteiger charge is 2.14. The van der Waals surface area contributed by atoms with Gasteiger partial charge in [-0.1, -0.05) is 54.2 Å². The zero-order valence-electron chi connectivity index (χ0n) is 13.6. The van der Waals surface area contributed by atoms with Crippen molar-refractivity contribution in [1.82, 2.24) is 0 Å². The summed E-state index contributed by atoms with van der Waals surface area (Å²) in [6.07, 6.45) is 0. The standard InChI is InChI=1S/C20H18O3S/c1-12(2)15-9-7-14(8-10-15)11-24-20-13(3)19(22)18-16(21)5-4-6-17(18)23-20/h4-10,21H,1,11H2,2-3H3. The predicted octanol–water partition coefficient (Wildman–Crippen LogP) is 5.13. The summed E-state index contributed by atoms with van der Waals surface area (Å²) in [5, 5.41) is 10.7. The van der Waals surface area contributed by atoms with E-state index in [1.54, 1.807) is 19.1 Å². The number of thioether (sulfide) groups is 1. The van der Waals surface area contributed by atoms with Crippen molar-refractivity contribution in [2.75, 3.05) is 0 Å². The molecule has 122 valence electrons. The summed E-state index contributed by atoms with van der Waals surface area (Å²) >= 11 is 1.48. The zero-order chi connectivity index (χ0) is 17.3. The molecular formula is C20H18O3S. The number of phenolic OH excluding ortho intramolecular Hbond substituents is 1. The molecule has 0 atom stereocenters. The van der Waals surface area contributed by atoms with Gasteiger partial charge in [0.05, 0.1) is 0 Å². The maximum atomic E-state index is 12.5. The molecule has 0 aliphatic heterocycles. The Morgan fingerprint density at radius 2 is 1.92 bits per heavy atom. The van der Waals surface area contributed by atoms with Crippen LogP contribution in [0.25, 0.3) is 16.5 Å². The van der Waals surface area contributed by atoms with E-state index in [1.165, 1.54) is 17.8 Å². The molecule has 0 bridgehead atoms. The van der Waals surface area contributed by atoms with Crippen LogP contribution in [0.2, 0.25) is 0 Å². The summed E-state index contributed by atoms with van der Waals surface area (Å²) in [4.78, 5) is 12.5. The zero-order valence-corrected chi connectivity index (χ0v) is 14.4. The number of aromatic hydroxyl groups is 1. The molecule has 0 saturated heterocycles. The fourth-order valence-electron chi connectivity index (χ4n) is 2.46. The molecule has 0 aliphatic carbocycles. The largest absolute Gasteiger partial charge is 0.507 e. The van der Waals surface area contributed by atoms with Crippen LogP contribution in [0.5, 0.6) is 5.75 Å². The quantitative estimate of drug-likeness (QED) is 0.670. The molecule has 0 unspecified atom stereocenters. The number of hydrogen-bond acceptors (Lipinski definition) is 4. The van der Waals surface area contributed by atoms with Crippen molar-refractivity contribution in [3.05, 3.63) is 76.0 Å². The lowest BCUT2D eigenvalue weighted by atomic mass is 10.1. The molecule has 3 rings (SSSR count). The third kappa shape index (κ3) is 3.10. The molecule has 0 amide bonds. The van der Waals surface area contributed by atoms with Crippen molar-refractivity contribution in [1.29, 1.82) is 0 Å². The number of phenols is 1. The topological polar surface area (TPSA) is 50.4 Å². The highest BCUT2D eigenvalue weighted by molar-refractivity contribution is 7.98. The molecule has 2 aromatic carbocycles. The van der Waals surface area contributed by atoms with Crippen LogP contribution in [-0.4, -0.2) is 5.11 Å². The van der Waals surface area contributed by atoms with Crippen molar-refractivity contribution < 1.29 is 9.52 Å². The predicted molar refractivity (Wildman–Crippen MR) is 99.6 cm³/mol. The van der Waals surface area contributed by atoms with E-state index < -0.39 is 0 Å². The Morgan fingerprint density at radius 1 is 1.21 bits per heavy atom. The Hall–Kier alpha value is -2.46.